The maximum atomic E-state index is 17.7. The molecular weight excluding hydrogens is 634 g/mol. The fourth-order valence-electron chi connectivity index (χ4n) is 8.49. The zero-order valence-electron chi connectivity index (χ0n) is 27.0. The molecule has 0 bridgehead atoms. The van der Waals surface area contributed by atoms with Gasteiger partial charge >= 0.3 is 12.1 Å². The van der Waals surface area contributed by atoms with Crippen LogP contribution in [-0.2, 0) is 23.8 Å². The predicted molar refractivity (Wildman–Crippen MR) is 167 cm³/mol. The molecule has 47 heavy (non-hydrogen) atoms. The Morgan fingerprint density at radius 3 is 2.60 bits per heavy atom. The van der Waals surface area contributed by atoms with Crippen molar-refractivity contribution in [1.82, 2.24) is 0 Å². The summed E-state index contributed by atoms with van der Waals surface area (Å²) < 4.78 is 54.8. The monoisotopic (exact) mass is 674 g/mol. The molecule has 9 atom stereocenters. The van der Waals surface area contributed by atoms with Gasteiger partial charge in [-0.15, -0.1) is 0 Å². The van der Waals surface area contributed by atoms with Gasteiger partial charge in [-0.3, -0.25) is 9.59 Å². The molecule has 0 spiro atoms. The molecule has 4 aliphatic carbocycles. The van der Waals surface area contributed by atoms with Crippen LogP contribution in [0.25, 0.3) is 0 Å². The average Bonchev–Trinajstić information content (AvgIpc) is 3.63. The number of furan rings is 1. The molecule has 0 radical (unpaired) electrons. The van der Waals surface area contributed by atoms with Crippen LogP contribution in [0, 0.1) is 46.3 Å². The Labute approximate surface area is 276 Å². The Kier molecular flexibility index (Phi) is 9.56. The van der Waals surface area contributed by atoms with Crippen molar-refractivity contribution in [2.24, 2.45) is 34.5 Å². The van der Waals surface area contributed by atoms with E-state index in [4.69, 9.17) is 18.6 Å². The number of ketones is 1. The van der Waals surface area contributed by atoms with E-state index >= 15 is 8.78 Å². The van der Waals surface area contributed by atoms with Crippen LogP contribution in [0.3, 0.4) is 0 Å². The standard InChI is InChI=1S/C35H40F2O9S/c1-20(2)19-45-31(42)44-12-6-7-14-47-30(41)35(46-29(40)27-9-8-13-43-27)21(3)15-23-24-17-26(36)25-16-22(38)10-11-32(25,4)34(24,37)28(39)18-33(23,35)5/h8-11,13,16,20-21,23-24,26,28,39H,12,14-15,17-19H2,1-5H3/t21-,23+,24+,26+,28+,32+,33+,34+,35+/m1/s1. The third-order valence-corrected chi connectivity index (χ3v) is 11.5. The largest absolute Gasteiger partial charge is 0.509 e. The minimum atomic E-state index is -2.36. The Morgan fingerprint density at radius 2 is 1.91 bits per heavy atom. The van der Waals surface area contributed by atoms with Crippen molar-refractivity contribution in [1.29, 1.82) is 0 Å². The number of aliphatic hydroxyl groups excluding tert-OH is 1. The Balaban J connectivity index is 1.45. The van der Waals surface area contributed by atoms with Gasteiger partial charge in [-0.25, -0.2) is 18.4 Å². The van der Waals surface area contributed by atoms with Gasteiger partial charge in [0.15, 0.2) is 23.7 Å². The molecule has 12 heteroatoms. The van der Waals surface area contributed by atoms with Crippen LogP contribution in [-0.4, -0.2) is 70.6 Å². The molecule has 0 unspecified atom stereocenters. The van der Waals surface area contributed by atoms with E-state index in [1.807, 2.05) is 13.8 Å². The molecule has 5 rings (SSSR count). The second kappa shape index (κ2) is 12.9. The van der Waals surface area contributed by atoms with E-state index in [-0.39, 0.29) is 55.5 Å². The van der Waals surface area contributed by atoms with Crippen molar-refractivity contribution in [3.05, 3.63) is 48.0 Å². The summed E-state index contributed by atoms with van der Waals surface area (Å²) in [7, 11) is 0. The first-order valence-electron chi connectivity index (χ1n) is 15.8. The second-order valence-corrected chi connectivity index (χ2v) is 14.7. The summed E-state index contributed by atoms with van der Waals surface area (Å²) >= 11 is 0.791. The highest BCUT2D eigenvalue weighted by atomic mass is 32.2. The van der Waals surface area contributed by atoms with E-state index in [9.17, 15) is 24.3 Å². The summed E-state index contributed by atoms with van der Waals surface area (Å²) in [5.41, 5.74) is -7.15. The third kappa shape index (κ3) is 5.63. The van der Waals surface area contributed by atoms with Gasteiger partial charge < -0.3 is 23.7 Å². The van der Waals surface area contributed by atoms with Crippen molar-refractivity contribution in [3.63, 3.8) is 0 Å². The second-order valence-electron chi connectivity index (χ2n) is 13.8. The quantitative estimate of drug-likeness (QED) is 0.279. The first-order valence-corrected chi connectivity index (χ1v) is 16.8. The topological polar surface area (TPSA) is 129 Å². The molecule has 1 N–H and O–H groups in total. The number of thioether (sulfide) groups is 1. The number of alkyl halides is 2. The van der Waals surface area contributed by atoms with Crippen LogP contribution < -0.4 is 0 Å². The van der Waals surface area contributed by atoms with E-state index in [2.05, 4.69) is 11.8 Å². The molecule has 0 aromatic carbocycles. The van der Waals surface area contributed by atoms with Gasteiger partial charge in [-0.05, 0) is 67.9 Å². The summed E-state index contributed by atoms with van der Waals surface area (Å²) in [5, 5.41) is 11.2. The highest BCUT2D eigenvalue weighted by Crippen LogP contribution is 2.72. The third-order valence-electron chi connectivity index (χ3n) is 10.6. The number of esters is 1. The summed E-state index contributed by atoms with van der Waals surface area (Å²) in [6, 6.07) is 2.89. The Morgan fingerprint density at radius 1 is 1.17 bits per heavy atom. The number of halogens is 2. The molecule has 0 saturated heterocycles. The minimum absolute atomic E-state index is 0.00432. The number of rotatable bonds is 7. The lowest BCUT2D eigenvalue weighted by atomic mass is 9.44. The fraction of sp³-hybridized carbons (Fsp3) is 0.600. The normalized spacial score (nSPS) is 37.1. The predicted octanol–water partition coefficient (Wildman–Crippen LogP) is 5.81. The highest BCUT2D eigenvalue weighted by Gasteiger charge is 2.78. The summed E-state index contributed by atoms with van der Waals surface area (Å²) in [5.74, 6) is 1.61. The zero-order valence-corrected chi connectivity index (χ0v) is 27.9. The van der Waals surface area contributed by atoms with Crippen LogP contribution in [0.5, 0.6) is 0 Å². The van der Waals surface area contributed by atoms with Crippen molar-refractivity contribution in [2.75, 3.05) is 19.0 Å². The molecular formula is C35H40F2O9S. The molecule has 0 aliphatic heterocycles. The van der Waals surface area contributed by atoms with Gasteiger partial charge in [0.1, 0.15) is 6.17 Å². The average molecular weight is 675 g/mol. The van der Waals surface area contributed by atoms with Gasteiger partial charge in [0.25, 0.3) is 0 Å². The molecule has 9 nitrogen and oxygen atoms in total. The first-order chi connectivity index (χ1) is 22.1. The molecule has 254 valence electrons. The number of ether oxygens (including phenoxy) is 3. The molecule has 1 heterocycles. The van der Waals surface area contributed by atoms with E-state index < -0.39 is 75.2 Å². The zero-order chi connectivity index (χ0) is 34.4. The van der Waals surface area contributed by atoms with Crippen molar-refractivity contribution < 1.29 is 51.7 Å². The van der Waals surface area contributed by atoms with Crippen molar-refractivity contribution in [3.8, 4) is 11.8 Å². The number of aliphatic hydroxyl groups is 1. The molecule has 1 aromatic rings. The minimum Gasteiger partial charge on any atom is -0.457 e. The van der Waals surface area contributed by atoms with Crippen LogP contribution in [0.15, 0.2) is 46.6 Å². The van der Waals surface area contributed by atoms with E-state index in [0.29, 0.717) is 0 Å². The van der Waals surface area contributed by atoms with Gasteiger partial charge in [-0.2, -0.15) is 0 Å². The molecule has 4 aliphatic rings. The molecule has 3 saturated carbocycles. The SMILES string of the molecule is CC(C)COC(=O)OCC#CCSC(=O)[C@@]1(OC(=O)c2ccco2)[C@H](C)C[C@H]2[C@@H]3C[C@H](F)C4=CC(=O)C=C[C@]4(C)[C@@]3(F)[C@@H](O)C[C@@]21C. The maximum Gasteiger partial charge on any atom is 0.509 e. The number of carbonyl (C=O) groups excluding carboxylic acids is 4. The maximum absolute atomic E-state index is 17.7. The van der Waals surface area contributed by atoms with Crippen LogP contribution in [0.4, 0.5) is 13.6 Å². The molecule has 3 fully saturated rings. The fourth-order valence-corrected chi connectivity index (χ4v) is 9.49. The lowest BCUT2D eigenvalue weighted by Crippen LogP contribution is -2.70. The van der Waals surface area contributed by atoms with Crippen molar-refractivity contribution >= 4 is 34.8 Å². The Hall–Kier alpha value is -3.43. The van der Waals surface area contributed by atoms with Gasteiger partial charge in [0.05, 0.1) is 24.7 Å². The number of hydrogen-bond donors (Lipinski definition) is 1. The summed E-state index contributed by atoms with van der Waals surface area (Å²) in [6.07, 6.45) is 0.393. The molecule has 1 aromatic heterocycles. The number of allylic oxidation sites excluding steroid dienone is 4. The van der Waals surface area contributed by atoms with Gasteiger partial charge in [0.2, 0.25) is 10.9 Å². The van der Waals surface area contributed by atoms with Gasteiger partial charge in [-0.1, -0.05) is 57.4 Å². The van der Waals surface area contributed by atoms with Crippen LogP contribution in [0.2, 0.25) is 0 Å². The smallest absolute Gasteiger partial charge is 0.457 e. The number of carbonyl (C=O) groups is 4. The summed E-state index contributed by atoms with van der Waals surface area (Å²) in [6.45, 7) is 8.64. The van der Waals surface area contributed by atoms with E-state index in [0.717, 1.165) is 17.8 Å². The van der Waals surface area contributed by atoms with Crippen LogP contribution in [0.1, 0.15) is 64.4 Å². The van der Waals surface area contributed by atoms with Crippen molar-refractivity contribution in [2.45, 2.75) is 77.4 Å². The van der Waals surface area contributed by atoms with Gasteiger partial charge in [0, 0.05) is 22.7 Å². The Bertz CT molecular complexity index is 1540. The highest BCUT2D eigenvalue weighted by molar-refractivity contribution is 8.14. The lowest BCUT2D eigenvalue weighted by molar-refractivity contribution is -0.221. The van der Waals surface area contributed by atoms with Crippen LogP contribution >= 0.6 is 11.8 Å². The van der Waals surface area contributed by atoms with E-state index in [1.54, 1.807) is 13.8 Å². The first kappa shape index (κ1) is 34.9. The van der Waals surface area contributed by atoms with E-state index in [1.165, 1.54) is 37.5 Å². The number of hydrogen-bond acceptors (Lipinski definition) is 10. The lowest BCUT2D eigenvalue weighted by Gasteiger charge is -2.63. The number of fused-ring (bicyclic) bond motifs is 5. The summed E-state index contributed by atoms with van der Waals surface area (Å²) in [4.78, 5) is 51.6. The molecule has 0 amide bonds.